The first-order valence-corrected chi connectivity index (χ1v) is 6.27. The molecular formula is C15H20N2O2. The topological polar surface area (TPSA) is 36.3 Å². The minimum atomic E-state index is 0.681. The highest BCUT2D eigenvalue weighted by molar-refractivity contribution is 5.43. The number of hydrogen-bond acceptors (Lipinski definition) is 3. The molecule has 102 valence electrons. The number of nitrogens with zero attached hydrogens (tertiary/aromatic N) is 2. The van der Waals surface area contributed by atoms with Crippen molar-refractivity contribution in [3.63, 3.8) is 0 Å². The molecule has 0 amide bonds. The average molecular weight is 260 g/mol. The summed E-state index contributed by atoms with van der Waals surface area (Å²) < 4.78 is 12.9. The molecule has 0 aliphatic carbocycles. The van der Waals surface area contributed by atoms with E-state index in [4.69, 9.17) is 9.47 Å². The Morgan fingerprint density at radius 1 is 1.16 bits per heavy atom. The molecule has 2 aromatic heterocycles. The van der Waals surface area contributed by atoms with E-state index in [0.717, 1.165) is 5.69 Å². The Kier molecular flexibility index (Phi) is 3.79. The number of rotatable bonds is 4. The molecule has 2 aromatic rings. The van der Waals surface area contributed by atoms with Crippen LogP contribution in [0.2, 0.25) is 0 Å². The summed E-state index contributed by atoms with van der Waals surface area (Å²) in [7, 11) is 3.28. The van der Waals surface area contributed by atoms with Crippen LogP contribution in [0, 0.1) is 20.8 Å². The molecule has 0 aliphatic heterocycles. The van der Waals surface area contributed by atoms with E-state index < -0.39 is 0 Å². The number of hydrogen-bond donors (Lipinski definition) is 0. The standard InChI is InChI=1S/C15H20N2O2/c1-10-8-17(12(3)11(10)2)9-13-15(19-5)14(18-4)6-7-16-13/h6-8H,9H2,1-5H3. The Bertz CT molecular complexity index is 588. The van der Waals surface area contributed by atoms with Crippen LogP contribution in [0.5, 0.6) is 11.5 Å². The monoisotopic (exact) mass is 260 g/mol. The highest BCUT2D eigenvalue weighted by atomic mass is 16.5. The van der Waals surface area contributed by atoms with Crippen molar-refractivity contribution in [2.75, 3.05) is 14.2 Å². The number of aryl methyl sites for hydroxylation is 1. The maximum atomic E-state index is 5.42. The lowest BCUT2D eigenvalue weighted by Gasteiger charge is -2.13. The second kappa shape index (κ2) is 5.34. The van der Waals surface area contributed by atoms with Crippen LogP contribution in [0.3, 0.4) is 0 Å². The van der Waals surface area contributed by atoms with E-state index >= 15 is 0 Å². The zero-order valence-corrected chi connectivity index (χ0v) is 12.2. The summed E-state index contributed by atoms with van der Waals surface area (Å²) in [6.45, 7) is 7.06. The van der Waals surface area contributed by atoms with E-state index in [9.17, 15) is 0 Å². The third-order valence-corrected chi connectivity index (χ3v) is 3.60. The quantitative estimate of drug-likeness (QED) is 0.848. The fourth-order valence-corrected chi connectivity index (χ4v) is 2.22. The van der Waals surface area contributed by atoms with Gasteiger partial charge < -0.3 is 14.0 Å². The van der Waals surface area contributed by atoms with E-state index in [-0.39, 0.29) is 0 Å². The Morgan fingerprint density at radius 3 is 2.42 bits per heavy atom. The predicted octanol–water partition coefficient (Wildman–Crippen LogP) is 2.87. The van der Waals surface area contributed by atoms with Crippen molar-refractivity contribution in [2.24, 2.45) is 0 Å². The maximum absolute atomic E-state index is 5.42. The van der Waals surface area contributed by atoms with Crippen LogP contribution >= 0.6 is 0 Å². The molecule has 2 rings (SSSR count). The molecule has 0 N–H and O–H groups in total. The zero-order valence-electron chi connectivity index (χ0n) is 12.2. The minimum Gasteiger partial charge on any atom is -0.493 e. The lowest BCUT2D eigenvalue weighted by atomic mass is 10.2. The SMILES string of the molecule is COc1ccnc(Cn2cc(C)c(C)c2C)c1OC. The molecule has 0 atom stereocenters. The van der Waals surface area contributed by atoms with Crippen molar-refractivity contribution in [2.45, 2.75) is 27.3 Å². The molecule has 0 aliphatic rings. The highest BCUT2D eigenvalue weighted by Gasteiger charge is 2.13. The van der Waals surface area contributed by atoms with Crippen molar-refractivity contribution >= 4 is 0 Å². The first-order valence-electron chi connectivity index (χ1n) is 6.27. The lowest BCUT2D eigenvalue weighted by Crippen LogP contribution is -2.05. The summed E-state index contributed by atoms with van der Waals surface area (Å²) in [4.78, 5) is 4.41. The smallest absolute Gasteiger partial charge is 0.184 e. The third kappa shape index (κ3) is 2.43. The third-order valence-electron chi connectivity index (χ3n) is 3.60. The van der Waals surface area contributed by atoms with Crippen LogP contribution in [0.4, 0.5) is 0 Å². The molecule has 0 saturated carbocycles. The fourth-order valence-electron chi connectivity index (χ4n) is 2.22. The Labute approximate surface area is 114 Å². The van der Waals surface area contributed by atoms with Crippen LogP contribution in [0.25, 0.3) is 0 Å². The van der Waals surface area contributed by atoms with Gasteiger partial charge in [0.25, 0.3) is 0 Å². The molecular weight excluding hydrogens is 240 g/mol. The summed E-state index contributed by atoms with van der Waals surface area (Å²) in [5.74, 6) is 1.42. The number of pyridine rings is 1. The molecule has 4 nitrogen and oxygen atoms in total. The van der Waals surface area contributed by atoms with Crippen LogP contribution in [-0.4, -0.2) is 23.8 Å². The van der Waals surface area contributed by atoms with Gasteiger partial charge in [-0.05, 0) is 31.9 Å². The molecule has 0 bridgehead atoms. The van der Waals surface area contributed by atoms with E-state index in [1.807, 2.05) is 0 Å². The fraction of sp³-hybridized carbons (Fsp3) is 0.400. The van der Waals surface area contributed by atoms with Crippen molar-refractivity contribution in [1.82, 2.24) is 9.55 Å². The van der Waals surface area contributed by atoms with Crippen molar-refractivity contribution in [3.8, 4) is 11.5 Å². The summed E-state index contributed by atoms with van der Waals surface area (Å²) in [5, 5.41) is 0. The predicted molar refractivity (Wildman–Crippen MR) is 75.1 cm³/mol. The maximum Gasteiger partial charge on any atom is 0.184 e. The first-order chi connectivity index (χ1) is 9.08. The van der Waals surface area contributed by atoms with E-state index in [2.05, 4.69) is 36.5 Å². The van der Waals surface area contributed by atoms with Gasteiger partial charge in [0.15, 0.2) is 11.5 Å². The lowest BCUT2D eigenvalue weighted by molar-refractivity contribution is 0.348. The molecule has 4 heteroatoms. The molecule has 0 fully saturated rings. The molecule has 2 heterocycles. The molecule has 0 aromatic carbocycles. The molecule has 0 saturated heterocycles. The summed E-state index contributed by atoms with van der Waals surface area (Å²) in [6.07, 6.45) is 3.89. The van der Waals surface area contributed by atoms with Gasteiger partial charge in [-0.1, -0.05) is 0 Å². The molecule has 0 spiro atoms. The van der Waals surface area contributed by atoms with Crippen LogP contribution < -0.4 is 9.47 Å². The largest absolute Gasteiger partial charge is 0.493 e. The summed E-state index contributed by atoms with van der Waals surface area (Å²) >= 11 is 0. The first kappa shape index (κ1) is 13.5. The second-order valence-electron chi connectivity index (χ2n) is 4.64. The van der Waals surface area contributed by atoms with Gasteiger partial charge in [0, 0.05) is 24.2 Å². The van der Waals surface area contributed by atoms with Gasteiger partial charge in [0.1, 0.15) is 5.69 Å². The molecule has 0 unspecified atom stereocenters. The van der Waals surface area contributed by atoms with E-state index in [1.165, 1.54) is 16.8 Å². The Morgan fingerprint density at radius 2 is 1.89 bits per heavy atom. The summed E-state index contributed by atoms with van der Waals surface area (Å²) in [5.41, 5.74) is 4.74. The van der Waals surface area contributed by atoms with Crippen molar-refractivity contribution < 1.29 is 9.47 Å². The molecule has 19 heavy (non-hydrogen) atoms. The Balaban J connectivity index is 2.40. The van der Waals surface area contributed by atoms with Gasteiger partial charge in [-0.25, -0.2) is 0 Å². The summed E-state index contributed by atoms with van der Waals surface area (Å²) in [6, 6.07) is 1.81. The van der Waals surface area contributed by atoms with Crippen LogP contribution in [0.1, 0.15) is 22.5 Å². The van der Waals surface area contributed by atoms with Gasteiger partial charge in [0.05, 0.1) is 20.8 Å². The Hall–Kier alpha value is -1.97. The van der Waals surface area contributed by atoms with Crippen molar-refractivity contribution in [1.29, 1.82) is 0 Å². The highest BCUT2D eigenvalue weighted by Crippen LogP contribution is 2.30. The van der Waals surface area contributed by atoms with Gasteiger partial charge in [-0.2, -0.15) is 0 Å². The van der Waals surface area contributed by atoms with Gasteiger partial charge in [-0.3, -0.25) is 4.98 Å². The number of methoxy groups -OCH3 is 2. The minimum absolute atomic E-state index is 0.681. The number of ether oxygens (including phenoxy) is 2. The van der Waals surface area contributed by atoms with Crippen LogP contribution in [0.15, 0.2) is 18.5 Å². The van der Waals surface area contributed by atoms with E-state index in [0.29, 0.717) is 18.0 Å². The normalized spacial score (nSPS) is 10.6. The number of aromatic nitrogens is 2. The van der Waals surface area contributed by atoms with Crippen molar-refractivity contribution in [3.05, 3.63) is 41.0 Å². The second-order valence-corrected chi connectivity index (χ2v) is 4.64. The average Bonchev–Trinajstić information content (AvgIpc) is 2.66. The van der Waals surface area contributed by atoms with Gasteiger partial charge in [0.2, 0.25) is 0 Å². The van der Waals surface area contributed by atoms with Gasteiger partial charge >= 0.3 is 0 Å². The zero-order chi connectivity index (χ0) is 14.0. The van der Waals surface area contributed by atoms with E-state index in [1.54, 1.807) is 26.5 Å². The molecule has 0 radical (unpaired) electrons. The van der Waals surface area contributed by atoms with Crippen LogP contribution in [-0.2, 0) is 6.54 Å². The van der Waals surface area contributed by atoms with Gasteiger partial charge in [-0.15, -0.1) is 0 Å².